The van der Waals surface area contributed by atoms with Crippen LogP contribution in [0, 0.1) is 5.41 Å². The van der Waals surface area contributed by atoms with Crippen LogP contribution in [0.25, 0.3) is 0 Å². The van der Waals surface area contributed by atoms with E-state index in [0.29, 0.717) is 19.4 Å². The van der Waals surface area contributed by atoms with Crippen molar-refractivity contribution < 1.29 is 22.7 Å². The van der Waals surface area contributed by atoms with Crippen LogP contribution in [0.3, 0.4) is 0 Å². The number of carbonyl (C=O) groups is 1. The Morgan fingerprint density at radius 1 is 1.24 bits per heavy atom. The number of ether oxygens (including phenoxy) is 2. The summed E-state index contributed by atoms with van der Waals surface area (Å²) in [5.74, 6) is -0.386. The van der Waals surface area contributed by atoms with Gasteiger partial charge in [-0.3, -0.25) is 4.79 Å². The first kappa shape index (κ1) is 20.2. The number of carbonyl (C=O) groups excluding carboxylic acids is 1. The third kappa shape index (κ3) is 5.69. The third-order valence-corrected chi connectivity index (χ3v) is 6.82. The first-order valence-electron chi connectivity index (χ1n) is 8.30. The SMILES string of the molecule is CC(C)(C)C(=O)OC(COCc1ccccc1)CC1(S(=O)(=O)Cl)CC1. The van der Waals surface area contributed by atoms with Gasteiger partial charge in [0.25, 0.3) is 0 Å². The maximum absolute atomic E-state index is 12.2. The fraction of sp³-hybridized carbons (Fsp3) is 0.611. The van der Waals surface area contributed by atoms with Gasteiger partial charge in [0.05, 0.1) is 23.4 Å². The quantitative estimate of drug-likeness (QED) is 0.502. The zero-order valence-electron chi connectivity index (χ0n) is 14.8. The summed E-state index contributed by atoms with van der Waals surface area (Å²) >= 11 is 0. The summed E-state index contributed by atoms with van der Waals surface area (Å²) in [6.07, 6.45) is 0.490. The molecule has 1 aliphatic rings. The fourth-order valence-corrected chi connectivity index (χ4v) is 4.07. The van der Waals surface area contributed by atoms with Crippen molar-refractivity contribution in [1.29, 1.82) is 0 Å². The number of rotatable bonds is 8. The van der Waals surface area contributed by atoms with Gasteiger partial charge < -0.3 is 9.47 Å². The highest BCUT2D eigenvalue weighted by atomic mass is 35.7. The minimum atomic E-state index is -3.71. The van der Waals surface area contributed by atoms with Gasteiger partial charge in [-0.1, -0.05) is 30.3 Å². The molecule has 0 saturated heterocycles. The van der Waals surface area contributed by atoms with Crippen LogP contribution in [0.5, 0.6) is 0 Å². The molecule has 140 valence electrons. The van der Waals surface area contributed by atoms with Crippen molar-refractivity contribution in [3.63, 3.8) is 0 Å². The molecule has 25 heavy (non-hydrogen) atoms. The second kappa shape index (κ2) is 7.64. The van der Waals surface area contributed by atoms with Crippen LogP contribution in [0.4, 0.5) is 0 Å². The van der Waals surface area contributed by atoms with E-state index in [4.69, 9.17) is 20.2 Å². The van der Waals surface area contributed by atoms with E-state index >= 15 is 0 Å². The Labute approximate surface area is 154 Å². The van der Waals surface area contributed by atoms with Crippen LogP contribution >= 0.6 is 10.7 Å². The van der Waals surface area contributed by atoms with Gasteiger partial charge in [-0.25, -0.2) is 8.42 Å². The topological polar surface area (TPSA) is 69.7 Å². The van der Waals surface area contributed by atoms with E-state index in [1.165, 1.54) is 0 Å². The second-order valence-corrected chi connectivity index (χ2v) is 10.6. The van der Waals surface area contributed by atoms with Gasteiger partial charge in [0, 0.05) is 17.1 Å². The molecule has 0 N–H and O–H groups in total. The van der Waals surface area contributed by atoms with E-state index < -0.39 is 25.3 Å². The summed E-state index contributed by atoms with van der Waals surface area (Å²) in [7, 11) is 1.87. The van der Waals surface area contributed by atoms with Crippen LogP contribution in [0.2, 0.25) is 0 Å². The first-order chi connectivity index (χ1) is 11.5. The third-order valence-electron chi connectivity index (χ3n) is 4.23. The molecule has 1 aromatic rings. The molecule has 0 amide bonds. The number of hydrogen-bond acceptors (Lipinski definition) is 5. The molecule has 1 fully saturated rings. The van der Waals surface area contributed by atoms with Crippen molar-refractivity contribution >= 4 is 25.7 Å². The van der Waals surface area contributed by atoms with Crippen LogP contribution < -0.4 is 0 Å². The molecule has 1 atom stereocenters. The Balaban J connectivity index is 2.00. The normalized spacial score (nSPS) is 17.8. The van der Waals surface area contributed by atoms with Crippen molar-refractivity contribution in [2.24, 2.45) is 5.41 Å². The lowest BCUT2D eigenvalue weighted by Crippen LogP contribution is -2.35. The van der Waals surface area contributed by atoms with Gasteiger partial charge in [0.15, 0.2) is 0 Å². The number of halogens is 1. The van der Waals surface area contributed by atoms with E-state index in [-0.39, 0.29) is 19.0 Å². The Morgan fingerprint density at radius 3 is 2.32 bits per heavy atom. The first-order valence-corrected chi connectivity index (χ1v) is 10.6. The summed E-state index contributed by atoms with van der Waals surface area (Å²) in [6.45, 7) is 5.75. The van der Waals surface area contributed by atoms with Crippen LogP contribution in [0.1, 0.15) is 45.6 Å². The fourth-order valence-electron chi connectivity index (χ4n) is 2.45. The summed E-state index contributed by atoms with van der Waals surface area (Å²) in [5.41, 5.74) is 0.323. The largest absolute Gasteiger partial charge is 0.459 e. The van der Waals surface area contributed by atoms with Crippen molar-refractivity contribution in [2.75, 3.05) is 6.61 Å². The van der Waals surface area contributed by atoms with Crippen LogP contribution in [-0.4, -0.2) is 31.8 Å². The lowest BCUT2D eigenvalue weighted by molar-refractivity contribution is -0.162. The summed E-state index contributed by atoms with van der Waals surface area (Å²) in [5, 5.41) is 0. The van der Waals surface area contributed by atoms with Crippen molar-refractivity contribution in [3.05, 3.63) is 35.9 Å². The van der Waals surface area contributed by atoms with Crippen LogP contribution in [0.15, 0.2) is 30.3 Å². The molecular weight excluding hydrogens is 364 g/mol. The predicted octanol–water partition coefficient (Wildman–Crippen LogP) is 3.65. The summed E-state index contributed by atoms with van der Waals surface area (Å²) in [6, 6.07) is 9.60. The van der Waals surface area contributed by atoms with Gasteiger partial charge >= 0.3 is 5.97 Å². The van der Waals surface area contributed by atoms with E-state index in [0.717, 1.165) is 5.56 Å². The van der Waals surface area contributed by atoms with Crippen molar-refractivity contribution in [2.45, 2.75) is 57.5 Å². The highest BCUT2D eigenvalue weighted by molar-refractivity contribution is 8.15. The molecule has 1 aromatic carbocycles. The molecule has 0 spiro atoms. The number of benzene rings is 1. The maximum Gasteiger partial charge on any atom is 0.311 e. The van der Waals surface area contributed by atoms with E-state index in [1.807, 2.05) is 30.3 Å². The molecular formula is C18H25ClO5S. The van der Waals surface area contributed by atoms with Crippen molar-refractivity contribution in [1.82, 2.24) is 0 Å². The van der Waals surface area contributed by atoms with E-state index in [9.17, 15) is 13.2 Å². The second-order valence-electron chi connectivity index (χ2n) is 7.60. The van der Waals surface area contributed by atoms with Crippen LogP contribution in [-0.2, 0) is 29.9 Å². The van der Waals surface area contributed by atoms with Gasteiger partial charge in [-0.2, -0.15) is 0 Å². The Kier molecular flexibility index (Phi) is 6.17. The molecule has 0 heterocycles. The molecule has 5 nitrogen and oxygen atoms in total. The highest BCUT2D eigenvalue weighted by Gasteiger charge is 2.55. The molecule has 1 saturated carbocycles. The van der Waals surface area contributed by atoms with Gasteiger partial charge in [0.2, 0.25) is 9.05 Å². The van der Waals surface area contributed by atoms with Crippen molar-refractivity contribution in [3.8, 4) is 0 Å². The average molecular weight is 389 g/mol. The molecule has 1 aliphatic carbocycles. The monoisotopic (exact) mass is 388 g/mol. The van der Waals surface area contributed by atoms with E-state index in [2.05, 4.69) is 0 Å². The standard InChI is InChI=1S/C18H25ClO5S/c1-17(2,3)16(20)24-15(11-18(9-10-18)25(19,21)22)13-23-12-14-7-5-4-6-8-14/h4-8,15H,9-13H2,1-3H3. The maximum atomic E-state index is 12.2. The predicted molar refractivity (Wildman–Crippen MR) is 96.8 cm³/mol. The Hall–Kier alpha value is -1.11. The summed E-state index contributed by atoms with van der Waals surface area (Å²) in [4.78, 5) is 12.2. The lowest BCUT2D eigenvalue weighted by atomic mass is 9.97. The lowest BCUT2D eigenvalue weighted by Gasteiger charge is -2.25. The minimum absolute atomic E-state index is 0.130. The van der Waals surface area contributed by atoms with E-state index in [1.54, 1.807) is 20.8 Å². The number of hydrogen-bond donors (Lipinski definition) is 0. The zero-order valence-corrected chi connectivity index (χ0v) is 16.4. The molecule has 2 rings (SSSR count). The minimum Gasteiger partial charge on any atom is -0.459 e. The van der Waals surface area contributed by atoms with Gasteiger partial charge in [-0.05, 0) is 39.2 Å². The molecule has 0 aromatic heterocycles. The number of esters is 1. The van der Waals surface area contributed by atoms with Gasteiger partial charge in [0.1, 0.15) is 6.10 Å². The van der Waals surface area contributed by atoms with Gasteiger partial charge in [-0.15, -0.1) is 0 Å². The molecule has 0 bridgehead atoms. The Bertz CT molecular complexity index is 690. The zero-order chi connectivity index (χ0) is 18.7. The molecule has 0 radical (unpaired) electrons. The highest BCUT2D eigenvalue weighted by Crippen LogP contribution is 2.49. The smallest absolute Gasteiger partial charge is 0.311 e. The molecule has 0 aliphatic heterocycles. The average Bonchev–Trinajstić information content (AvgIpc) is 3.28. The summed E-state index contributed by atoms with van der Waals surface area (Å²) < 4.78 is 33.8. The molecule has 7 heteroatoms. The Morgan fingerprint density at radius 2 is 1.84 bits per heavy atom. The molecule has 1 unspecified atom stereocenters.